The lowest BCUT2D eigenvalue weighted by molar-refractivity contribution is 0.0941. The number of nitrogens with one attached hydrogen (secondary N) is 1. The number of nitrogens with two attached hydrogens (primary N) is 1. The van der Waals surface area contributed by atoms with Crippen LogP contribution in [0.15, 0.2) is 46.9 Å². The quantitative estimate of drug-likeness (QED) is 0.813. The van der Waals surface area contributed by atoms with E-state index in [-0.39, 0.29) is 11.9 Å². The zero-order valence-electron chi connectivity index (χ0n) is 10.9. The van der Waals surface area contributed by atoms with Gasteiger partial charge in [-0.1, -0.05) is 39.7 Å². The Bertz CT molecular complexity index is 628. The molecule has 2 aromatic carbocycles. The smallest absolute Gasteiger partial charge is 0.253 e. The molecule has 0 saturated heterocycles. The third-order valence-corrected chi connectivity index (χ3v) is 3.74. The van der Waals surface area contributed by atoms with Gasteiger partial charge in [0.25, 0.3) is 5.91 Å². The molecule has 0 spiro atoms. The lowest BCUT2D eigenvalue weighted by Gasteiger charge is -2.15. The van der Waals surface area contributed by atoms with E-state index in [1.165, 1.54) is 0 Å². The van der Waals surface area contributed by atoms with E-state index in [2.05, 4.69) is 21.2 Å². The van der Waals surface area contributed by atoms with Crippen LogP contribution < -0.4 is 11.1 Å². The number of carbonyl (C=O) groups is 1. The van der Waals surface area contributed by atoms with E-state index in [0.29, 0.717) is 16.3 Å². The molecule has 20 heavy (non-hydrogen) atoms. The number of halogens is 2. The Balaban J connectivity index is 2.15. The number of anilines is 1. The molecule has 2 rings (SSSR count). The highest BCUT2D eigenvalue weighted by atomic mass is 79.9. The summed E-state index contributed by atoms with van der Waals surface area (Å²) in [4.78, 5) is 12.2. The Morgan fingerprint density at radius 1 is 1.25 bits per heavy atom. The summed E-state index contributed by atoms with van der Waals surface area (Å²) in [6.07, 6.45) is 0. The van der Waals surface area contributed by atoms with Crippen LogP contribution in [-0.4, -0.2) is 5.91 Å². The van der Waals surface area contributed by atoms with Crippen molar-refractivity contribution >= 4 is 39.1 Å². The lowest BCUT2D eigenvalue weighted by Crippen LogP contribution is -2.27. The molecule has 1 unspecified atom stereocenters. The van der Waals surface area contributed by atoms with Crippen molar-refractivity contribution in [2.75, 3.05) is 5.73 Å². The van der Waals surface area contributed by atoms with Crippen LogP contribution in [0.25, 0.3) is 0 Å². The number of nitrogen functional groups attached to an aromatic ring is 1. The van der Waals surface area contributed by atoms with Crippen molar-refractivity contribution in [1.82, 2.24) is 5.32 Å². The average molecular weight is 354 g/mol. The molecule has 0 saturated carbocycles. The maximum absolute atomic E-state index is 12.2. The third-order valence-electron chi connectivity index (χ3n) is 2.98. The summed E-state index contributed by atoms with van der Waals surface area (Å²) >= 11 is 9.27. The molecular formula is C15H14BrClN2O. The van der Waals surface area contributed by atoms with Crippen molar-refractivity contribution in [3.63, 3.8) is 0 Å². The minimum Gasteiger partial charge on any atom is -0.398 e. The van der Waals surface area contributed by atoms with E-state index >= 15 is 0 Å². The standard InChI is InChI=1S/C15H14BrClN2O/c1-9(10-2-4-11(16)5-3-10)19-15(20)13-8-12(17)6-7-14(13)18/h2-9H,18H2,1H3,(H,19,20). The number of carbonyl (C=O) groups excluding carboxylic acids is 1. The fourth-order valence-electron chi connectivity index (χ4n) is 1.83. The lowest BCUT2D eigenvalue weighted by atomic mass is 10.1. The highest BCUT2D eigenvalue weighted by Gasteiger charge is 2.14. The van der Waals surface area contributed by atoms with E-state index in [4.69, 9.17) is 17.3 Å². The van der Waals surface area contributed by atoms with Crippen LogP contribution in [0.5, 0.6) is 0 Å². The monoisotopic (exact) mass is 352 g/mol. The topological polar surface area (TPSA) is 55.1 Å². The van der Waals surface area contributed by atoms with Crippen LogP contribution in [0.3, 0.4) is 0 Å². The molecule has 0 aliphatic heterocycles. The molecule has 3 nitrogen and oxygen atoms in total. The van der Waals surface area contributed by atoms with E-state index in [9.17, 15) is 4.79 Å². The molecule has 3 N–H and O–H groups in total. The van der Waals surface area contributed by atoms with Crippen molar-refractivity contribution in [1.29, 1.82) is 0 Å². The summed E-state index contributed by atoms with van der Waals surface area (Å²) in [5.74, 6) is -0.236. The van der Waals surface area contributed by atoms with Crippen LogP contribution in [0.1, 0.15) is 28.9 Å². The zero-order valence-corrected chi connectivity index (χ0v) is 13.2. The van der Waals surface area contributed by atoms with Gasteiger partial charge < -0.3 is 11.1 Å². The largest absolute Gasteiger partial charge is 0.398 e. The summed E-state index contributed by atoms with van der Waals surface area (Å²) in [5, 5.41) is 3.39. The fourth-order valence-corrected chi connectivity index (χ4v) is 2.27. The summed E-state index contributed by atoms with van der Waals surface area (Å²) in [6, 6.07) is 12.5. The first-order chi connectivity index (χ1) is 9.47. The van der Waals surface area contributed by atoms with E-state index in [1.807, 2.05) is 31.2 Å². The number of rotatable bonds is 3. The van der Waals surface area contributed by atoms with Gasteiger partial charge in [-0.15, -0.1) is 0 Å². The summed E-state index contributed by atoms with van der Waals surface area (Å²) in [6.45, 7) is 1.92. The molecule has 0 heterocycles. The molecule has 0 aromatic heterocycles. The number of hydrogen-bond acceptors (Lipinski definition) is 2. The summed E-state index contributed by atoms with van der Waals surface area (Å²) < 4.78 is 0.999. The van der Waals surface area contributed by atoms with Gasteiger partial charge >= 0.3 is 0 Å². The predicted octanol–water partition coefficient (Wildman–Crippen LogP) is 4.18. The highest BCUT2D eigenvalue weighted by Crippen LogP contribution is 2.20. The zero-order chi connectivity index (χ0) is 14.7. The van der Waals surface area contributed by atoms with Crippen LogP contribution in [0, 0.1) is 0 Å². The second kappa shape index (κ2) is 6.29. The van der Waals surface area contributed by atoms with Crippen LogP contribution in [0.4, 0.5) is 5.69 Å². The van der Waals surface area contributed by atoms with Gasteiger partial charge in [0, 0.05) is 15.2 Å². The predicted molar refractivity (Wildman–Crippen MR) is 85.9 cm³/mol. The van der Waals surface area contributed by atoms with Gasteiger partial charge in [-0.3, -0.25) is 4.79 Å². The van der Waals surface area contributed by atoms with E-state index < -0.39 is 0 Å². The fraction of sp³-hybridized carbons (Fsp3) is 0.133. The second-order valence-electron chi connectivity index (χ2n) is 4.48. The normalized spacial score (nSPS) is 11.9. The van der Waals surface area contributed by atoms with Crippen LogP contribution in [-0.2, 0) is 0 Å². The Hall–Kier alpha value is -1.52. The van der Waals surface area contributed by atoms with Crippen molar-refractivity contribution < 1.29 is 4.79 Å². The highest BCUT2D eigenvalue weighted by molar-refractivity contribution is 9.10. The molecule has 0 radical (unpaired) electrons. The van der Waals surface area contributed by atoms with Gasteiger partial charge in [-0.05, 0) is 42.8 Å². The molecule has 0 aliphatic carbocycles. The van der Waals surface area contributed by atoms with E-state index in [1.54, 1.807) is 18.2 Å². The van der Waals surface area contributed by atoms with Crippen molar-refractivity contribution in [2.24, 2.45) is 0 Å². The second-order valence-corrected chi connectivity index (χ2v) is 5.83. The molecule has 1 amide bonds. The molecule has 104 valence electrons. The number of amides is 1. The minimum absolute atomic E-state index is 0.117. The van der Waals surface area contributed by atoms with Crippen molar-refractivity contribution in [2.45, 2.75) is 13.0 Å². The van der Waals surface area contributed by atoms with Gasteiger partial charge in [0.15, 0.2) is 0 Å². The SMILES string of the molecule is CC(NC(=O)c1cc(Cl)ccc1N)c1ccc(Br)cc1. The first-order valence-electron chi connectivity index (χ1n) is 6.08. The van der Waals surface area contributed by atoms with Gasteiger partial charge in [0.2, 0.25) is 0 Å². The Kier molecular flexibility index (Phi) is 4.68. The first kappa shape index (κ1) is 14.9. The van der Waals surface area contributed by atoms with Gasteiger partial charge in [0.05, 0.1) is 11.6 Å². The molecule has 1 atom stereocenters. The molecule has 0 bridgehead atoms. The maximum Gasteiger partial charge on any atom is 0.253 e. The molecule has 2 aromatic rings. The van der Waals surface area contributed by atoms with Crippen molar-refractivity contribution in [3.8, 4) is 0 Å². The molecule has 5 heteroatoms. The van der Waals surface area contributed by atoms with E-state index in [0.717, 1.165) is 10.0 Å². The molecular weight excluding hydrogens is 340 g/mol. The Morgan fingerprint density at radius 2 is 1.90 bits per heavy atom. The van der Waals surface area contributed by atoms with Gasteiger partial charge in [-0.25, -0.2) is 0 Å². The number of benzene rings is 2. The Labute approximate surface area is 131 Å². The third kappa shape index (κ3) is 3.52. The van der Waals surface area contributed by atoms with Gasteiger partial charge in [-0.2, -0.15) is 0 Å². The maximum atomic E-state index is 12.2. The number of hydrogen-bond donors (Lipinski definition) is 2. The minimum atomic E-state index is -0.236. The van der Waals surface area contributed by atoms with Crippen molar-refractivity contribution in [3.05, 3.63) is 63.1 Å². The Morgan fingerprint density at radius 3 is 2.55 bits per heavy atom. The summed E-state index contributed by atoms with van der Waals surface area (Å²) in [7, 11) is 0. The van der Waals surface area contributed by atoms with Gasteiger partial charge in [0.1, 0.15) is 0 Å². The van der Waals surface area contributed by atoms with Crippen LogP contribution in [0.2, 0.25) is 5.02 Å². The summed E-state index contributed by atoms with van der Waals surface area (Å²) in [5.41, 5.74) is 7.62. The molecule has 0 aliphatic rings. The first-order valence-corrected chi connectivity index (χ1v) is 7.26. The average Bonchev–Trinajstić information content (AvgIpc) is 2.42. The molecule has 0 fully saturated rings. The van der Waals surface area contributed by atoms with Crippen LogP contribution >= 0.6 is 27.5 Å².